The van der Waals surface area contributed by atoms with E-state index in [1.165, 1.54) is 6.42 Å². The molecular weight excluding hydrogens is 260 g/mol. The van der Waals surface area contributed by atoms with E-state index in [0.29, 0.717) is 11.9 Å². The van der Waals surface area contributed by atoms with E-state index in [1.54, 1.807) is 11.3 Å². The van der Waals surface area contributed by atoms with Crippen LogP contribution in [0.15, 0.2) is 11.4 Å². The molecule has 2 aromatic rings. The first-order chi connectivity index (χ1) is 9.28. The molecule has 0 spiro atoms. The van der Waals surface area contributed by atoms with Crippen LogP contribution < -0.4 is 10.6 Å². The van der Waals surface area contributed by atoms with Crippen LogP contribution in [0.1, 0.15) is 19.3 Å². The van der Waals surface area contributed by atoms with Crippen molar-refractivity contribution < 1.29 is 5.11 Å². The van der Waals surface area contributed by atoms with Crippen molar-refractivity contribution in [2.24, 2.45) is 5.92 Å². The third-order valence-electron chi connectivity index (χ3n) is 3.68. The molecule has 3 rings (SSSR count). The summed E-state index contributed by atoms with van der Waals surface area (Å²) < 4.78 is 0. The van der Waals surface area contributed by atoms with Crippen molar-refractivity contribution in [2.75, 3.05) is 30.3 Å². The molecule has 1 aliphatic rings. The predicted octanol–water partition coefficient (Wildman–Crippen LogP) is 1.87. The van der Waals surface area contributed by atoms with Gasteiger partial charge < -0.3 is 15.7 Å². The standard InChI is InChI=1S/C13H18N4OS/c14-13-15-11(10-4-7-19-12(10)16-13)17-5-1-2-9(8-17)3-6-18/h4,7,9,18H,1-3,5-6,8H2,(H2,14,15,16). The number of nitrogen functional groups attached to an aromatic ring is 1. The molecule has 3 heterocycles. The molecule has 2 aromatic heterocycles. The molecule has 5 nitrogen and oxygen atoms in total. The van der Waals surface area contributed by atoms with Gasteiger partial charge in [0.25, 0.3) is 0 Å². The molecule has 1 aliphatic heterocycles. The number of aliphatic hydroxyl groups is 1. The predicted molar refractivity (Wildman–Crippen MR) is 78.5 cm³/mol. The van der Waals surface area contributed by atoms with E-state index in [2.05, 4.69) is 20.9 Å². The second-order valence-electron chi connectivity index (χ2n) is 5.01. The first-order valence-electron chi connectivity index (χ1n) is 6.64. The number of thiophene rings is 1. The molecule has 0 aromatic carbocycles. The normalized spacial score (nSPS) is 20.1. The maximum atomic E-state index is 9.10. The second kappa shape index (κ2) is 5.30. The monoisotopic (exact) mass is 278 g/mol. The van der Waals surface area contributed by atoms with Gasteiger partial charge in [-0.2, -0.15) is 4.98 Å². The molecule has 1 unspecified atom stereocenters. The molecule has 3 N–H and O–H groups in total. The van der Waals surface area contributed by atoms with Gasteiger partial charge in [0.05, 0.1) is 5.39 Å². The summed E-state index contributed by atoms with van der Waals surface area (Å²) in [5.41, 5.74) is 5.80. The quantitative estimate of drug-likeness (QED) is 0.896. The molecular formula is C13H18N4OS. The first kappa shape index (κ1) is 12.6. The Hall–Kier alpha value is -1.40. The van der Waals surface area contributed by atoms with E-state index in [-0.39, 0.29) is 6.61 Å². The summed E-state index contributed by atoms with van der Waals surface area (Å²) in [4.78, 5) is 11.9. The van der Waals surface area contributed by atoms with E-state index in [4.69, 9.17) is 10.8 Å². The van der Waals surface area contributed by atoms with Crippen molar-refractivity contribution in [2.45, 2.75) is 19.3 Å². The largest absolute Gasteiger partial charge is 0.396 e. The second-order valence-corrected chi connectivity index (χ2v) is 5.91. The van der Waals surface area contributed by atoms with Crippen molar-refractivity contribution in [3.63, 3.8) is 0 Å². The SMILES string of the molecule is Nc1nc(N2CCCC(CCO)C2)c2ccsc2n1. The van der Waals surface area contributed by atoms with Crippen molar-refractivity contribution in [1.82, 2.24) is 9.97 Å². The van der Waals surface area contributed by atoms with E-state index < -0.39 is 0 Å². The van der Waals surface area contributed by atoms with Crippen molar-refractivity contribution in [3.8, 4) is 0 Å². The van der Waals surface area contributed by atoms with Crippen molar-refractivity contribution in [3.05, 3.63) is 11.4 Å². The maximum Gasteiger partial charge on any atom is 0.223 e. The fourth-order valence-electron chi connectivity index (χ4n) is 2.77. The van der Waals surface area contributed by atoms with Crippen molar-refractivity contribution in [1.29, 1.82) is 0 Å². The summed E-state index contributed by atoms with van der Waals surface area (Å²) in [6.45, 7) is 2.21. The first-order valence-corrected chi connectivity index (χ1v) is 7.52. The van der Waals surface area contributed by atoms with Crippen LogP contribution in [-0.2, 0) is 0 Å². The highest BCUT2D eigenvalue weighted by molar-refractivity contribution is 7.16. The number of aromatic nitrogens is 2. The van der Waals surface area contributed by atoms with Gasteiger partial charge in [0, 0.05) is 19.7 Å². The highest BCUT2D eigenvalue weighted by Crippen LogP contribution is 2.31. The van der Waals surface area contributed by atoms with Crippen LogP contribution in [0.4, 0.5) is 11.8 Å². The minimum Gasteiger partial charge on any atom is -0.396 e. The molecule has 0 radical (unpaired) electrons. The average molecular weight is 278 g/mol. The summed E-state index contributed by atoms with van der Waals surface area (Å²) in [5.74, 6) is 1.84. The number of hydrogen-bond donors (Lipinski definition) is 2. The molecule has 19 heavy (non-hydrogen) atoms. The number of aliphatic hydroxyl groups excluding tert-OH is 1. The minimum atomic E-state index is 0.262. The molecule has 0 amide bonds. The molecule has 1 atom stereocenters. The van der Waals surface area contributed by atoms with E-state index in [0.717, 1.165) is 42.0 Å². The minimum absolute atomic E-state index is 0.262. The Morgan fingerprint density at radius 3 is 3.21 bits per heavy atom. The molecule has 0 aliphatic carbocycles. The summed E-state index contributed by atoms with van der Waals surface area (Å²) in [7, 11) is 0. The van der Waals surface area contributed by atoms with Gasteiger partial charge in [-0.15, -0.1) is 11.3 Å². The third-order valence-corrected chi connectivity index (χ3v) is 4.48. The molecule has 6 heteroatoms. The number of anilines is 2. The number of nitrogens with zero attached hydrogens (tertiary/aromatic N) is 3. The molecule has 1 fully saturated rings. The lowest BCUT2D eigenvalue weighted by Crippen LogP contribution is -2.36. The van der Waals surface area contributed by atoms with Crippen LogP contribution in [0, 0.1) is 5.92 Å². The maximum absolute atomic E-state index is 9.10. The zero-order chi connectivity index (χ0) is 13.2. The molecule has 0 bridgehead atoms. The van der Waals surface area contributed by atoms with Gasteiger partial charge in [-0.3, -0.25) is 0 Å². The van der Waals surface area contributed by atoms with Gasteiger partial charge in [-0.1, -0.05) is 0 Å². The Morgan fingerprint density at radius 2 is 2.37 bits per heavy atom. The average Bonchev–Trinajstić information content (AvgIpc) is 2.86. The van der Waals surface area contributed by atoms with Gasteiger partial charge >= 0.3 is 0 Å². The van der Waals surface area contributed by atoms with Crippen LogP contribution in [-0.4, -0.2) is 34.8 Å². The van der Waals surface area contributed by atoms with E-state index in [1.807, 2.05) is 5.38 Å². The number of piperidine rings is 1. The number of hydrogen-bond acceptors (Lipinski definition) is 6. The summed E-state index contributed by atoms with van der Waals surface area (Å²) in [6.07, 6.45) is 3.19. The Balaban J connectivity index is 1.92. The number of nitrogens with two attached hydrogens (primary N) is 1. The van der Waals surface area contributed by atoms with Gasteiger partial charge in [-0.25, -0.2) is 4.98 Å². The Labute approximate surface area is 116 Å². The third kappa shape index (κ3) is 2.50. The number of rotatable bonds is 3. The molecule has 1 saturated heterocycles. The van der Waals surface area contributed by atoms with Crippen LogP contribution in [0.2, 0.25) is 0 Å². The fraction of sp³-hybridized carbons (Fsp3) is 0.538. The lowest BCUT2D eigenvalue weighted by Gasteiger charge is -2.33. The lowest BCUT2D eigenvalue weighted by atomic mass is 9.95. The summed E-state index contributed by atoms with van der Waals surface area (Å²) >= 11 is 1.59. The van der Waals surface area contributed by atoms with Gasteiger partial charge in [0.15, 0.2) is 0 Å². The van der Waals surface area contributed by atoms with E-state index >= 15 is 0 Å². The van der Waals surface area contributed by atoms with Crippen LogP contribution in [0.25, 0.3) is 10.2 Å². The zero-order valence-corrected chi connectivity index (χ0v) is 11.6. The van der Waals surface area contributed by atoms with E-state index in [9.17, 15) is 0 Å². The number of fused-ring (bicyclic) bond motifs is 1. The smallest absolute Gasteiger partial charge is 0.223 e. The Kier molecular flexibility index (Phi) is 3.52. The highest BCUT2D eigenvalue weighted by atomic mass is 32.1. The zero-order valence-electron chi connectivity index (χ0n) is 10.7. The lowest BCUT2D eigenvalue weighted by molar-refractivity contribution is 0.244. The summed E-state index contributed by atoms with van der Waals surface area (Å²) in [6, 6.07) is 2.06. The molecule has 0 saturated carbocycles. The Bertz CT molecular complexity index is 569. The van der Waals surface area contributed by atoms with Crippen LogP contribution in [0.3, 0.4) is 0 Å². The van der Waals surface area contributed by atoms with Gasteiger partial charge in [-0.05, 0) is 36.6 Å². The summed E-state index contributed by atoms with van der Waals surface area (Å²) in [5, 5.41) is 12.2. The van der Waals surface area contributed by atoms with Crippen molar-refractivity contribution >= 4 is 33.3 Å². The van der Waals surface area contributed by atoms with Gasteiger partial charge in [0.2, 0.25) is 5.95 Å². The van der Waals surface area contributed by atoms with Crippen LogP contribution in [0.5, 0.6) is 0 Å². The highest BCUT2D eigenvalue weighted by Gasteiger charge is 2.22. The Morgan fingerprint density at radius 1 is 1.47 bits per heavy atom. The molecule has 102 valence electrons. The fourth-order valence-corrected chi connectivity index (χ4v) is 3.54. The van der Waals surface area contributed by atoms with Gasteiger partial charge in [0.1, 0.15) is 10.6 Å². The van der Waals surface area contributed by atoms with Crippen LogP contribution >= 0.6 is 11.3 Å². The topological polar surface area (TPSA) is 75.3 Å².